The molecule has 3 aromatic rings. The molecule has 8 heteroatoms. The third-order valence-corrected chi connectivity index (χ3v) is 5.21. The van der Waals surface area contributed by atoms with Gasteiger partial charge in [0.2, 0.25) is 5.16 Å². The van der Waals surface area contributed by atoms with E-state index in [0.29, 0.717) is 10.9 Å². The minimum atomic E-state index is 0.0679. The van der Waals surface area contributed by atoms with Crippen molar-refractivity contribution in [2.45, 2.75) is 5.16 Å². The van der Waals surface area contributed by atoms with Gasteiger partial charge in [-0.05, 0) is 50.6 Å². The molecular formula is C13H9BrN4OS2. The highest BCUT2D eigenvalue weighted by molar-refractivity contribution is 9.11. The van der Waals surface area contributed by atoms with Crippen LogP contribution in [0.15, 0.2) is 51.4 Å². The van der Waals surface area contributed by atoms with Crippen molar-refractivity contribution in [1.29, 1.82) is 0 Å². The van der Waals surface area contributed by atoms with Gasteiger partial charge in [-0.25, -0.2) is 0 Å². The molecule has 2 aromatic heterocycles. The Kier molecular flexibility index (Phi) is 4.47. The van der Waals surface area contributed by atoms with Crippen molar-refractivity contribution in [3.8, 4) is 5.69 Å². The van der Waals surface area contributed by atoms with E-state index >= 15 is 0 Å². The van der Waals surface area contributed by atoms with Gasteiger partial charge in [0.25, 0.3) is 0 Å². The highest BCUT2D eigenvalue weighted by atomic mass is 79.9. The van der Waals surface area contributed by atoms with Crippen molar-refractivity contribution in [3.05, 3.63) is 51.1 Å². The third kappa shape index (κ3) is 3.39. The fourth-order valence-electron chi connectivity index (χ4n) is 1.67. The molecule has 21 heavy (non-hydrogen) atoms. The first kappa shape index (κ1) is 14.4. The van der Waals surface area contributed by atoms with Crippen LogP contribution >= 0.6 is 39.0 Å². The lowest BCUT2D eigenvalue weighted by Crippen LogP contribution is -2.03. The Labute approximate surface area is 137 Å². The van der Waals surface area contributed by atoms with Crippen LogP contribution in [0.5, 0.6) is 0 Å². The van der Waals surface area contributed by atoms with Crippen LogP contribution in [0.25, 0.3) is 5.69 Å². The molecule has 0 atom stereocenters. The molecule has 0 bridgehead atoms. The molecule has 1 aromatic carbocycles. The Morgan fingerprint density at radius 2 is 2.05 bits per heavy atom. The molecule has 3 rings (SSSR count). The largest absolute Gasteiger partial charge is 0.292 e. The second-order valence-corrected chi connectivity index (χ2v) is 7.43. The molecular weight excluding hydrogens is 372 g/mol. The summed E-state index contributed by atoms with van der Waals surface area (Å²) in [5.41, 5.74) is 0.872. The zero-order valence-corrected chi connectivity index (χ0v) is 13.9. The quantitative estimate of drug-likeness (QED) is 0.500. The number of ketones is 1. The lowest BCUT2D eigenvalue weighted by molar-refractivity contribution is 0.102. The summed E-state index contributed by atoms with van der Waals surface area (Å²) < 4.78 is 2.58. The molecule has 0 saturated heterocycles. The van der Waals surface area contributed by atoms with Crippen molar-refractivity contribution in [1.82, 2.24) is 20.2 Å². The van der Waals surface area contributed by atoms with Gasteiger partial charge in [0, 0.05) is 0 Å². The van der Waals surface area contributed by atoms with Crippen LogP contribution in [0.1, 0.15) is 9.67 Å². The van der Waals surface area contributed by atoms with Crippen molar-refractivity contribution in [3.63, 3.8) is 0 Å². The second kappa shape index (κ2) is 6.50. The van der Waals surface area contributed by atoms with Gasteiger partial charge in [0.05, 0.1) is 20.1 Å². The average molecular weight is 381 g/mol. The Bertz CT molecular complexity index is 756. The maximum atomic E-state index is 12.1. The Morgan fingerprint density at radius 3 is 2.76 bits per heavy atom. The molecule has 0 radical (unpaired) electrons. The number of benzene rings is 1. The topological polar surface area (TPSA) is 60.7 Å². The van der Waals surface area contributed by atoms with Gasteiger partial charge in [-0.2, -0.15) is 4.68 Å². The number of Topliss-reactive ketones (excluding diaryl/α,β-unsaturated/α-hetero) is 1. The smallest absolute Gasteiger partial charge is 0.214 e. The van der Waals surface area contributed by atoms with Gasteiger partial charge in [0.15, 0.2) is 5.78 Å². The van der Waals surface area contributed by atoms with Crippen LogP contribution in [0, 0.1) is 0 Å². The standard InChI is InChI=1S/C13H9BrN4OS2/c14-12-7-6-11(21-12)10(19)8-20-13-15-16-17-18(13)9-4-2-1-3-5-9/h1-7H,8H2. The number of carbonyl (C=O) groups is 1. The summed E-state index contributed by atoms with van der Waals surface area (Å²) >= 11 is 6.11. The van der Waals surface area contributed by atoms with E-state index in [2.05, 4.69) is 31.5 Å². The molecule has 0 fully saturated rings. The number of para-hydroxylation sites is 1. The van der Waals surface area contributed by atoms with Gasteiger partial charge in [-0.15, -0.1) is 16.4 Å². The van der Waals surface area contributed by atoms with E-state index in [9.17, 15) is 4.79 Å². The van der Waals surface area contributed by atoms with E-state index in [1.807, 2.05) is 42.5 Å². The number of aromatic nitrogens is 4. The first-order valence-corrected chi connectivity index (χ1v) is 8.58. The lowest BCUT2D eigenvalue weighted by Gasteiger charge is -2.02. The van der Waals surface area contributed by atoms with E-state index in [0.717, 1.165) is 14.4 Å². The summed E-state index contributed by atoms with van der Waals surface area (Å²) in [4.78, 5) is 12.8. The van der Waals surface area contributed by atoms with E-state index in [-0.39, 0.29) is 5.78 Å². The maximum Gasteiger partial charge on any atom is 0.214 e. The third-order valence-electron chi connectivity index (χ3n) is 2.62. The predicted molar refractivity (Wildman–Crippen MR) is 86.2 cm³/mol. The molecule has 0 saturated carbocycles. The van der Waals surface area contributed by atoms with Gasteiger partial charge < -0.3 is 0 Å². The van der Waals surface area contributed by atoms with E-state index in [1.165, 1.54) is 23.1 Å². The zero-order valence-electron chi connectivity index (χ0n) is 10.6. The summed E-state index contributed by atoms with van der Waals surface area (Å²) in [6.45, 7) is 0. The number of carbonyl (C=O) groups excluding carboxylic acids is 1. The molecule has 0 aliphatic carbocycles. The molecule has 106 valence electrons. The van der Waals surface area contributed by atoms with Crippen LogP contribution < -0.4 is 0 Å². The van der Waals surface area contributed by atoms with Crippen LogP contribution in [0.3, 0.4) is 0 Å². The van der Waals surface area contributed by atoms with Gasteiger partial charge in [-0.1, -0.05) is 30.0 Å². The SMILES string of the molecule is O=C(CSc1nnnn1-c1ccccc1)c1ccc(Br)s1. The fraction of sp³-hybridized carbons (Fsp3) is 0.0769. The van der Waals surface area contributed by atoms with Crippen molar-refractivity contribution < 1.29 is 4.79 Å². The highest BCUT2D eigenvalue weighted by Gasteiger charge is 2.13. The number of hydrogen-bond donors (Lipinski definition) is 0. The molecule has 0 aliphatic rings. The lowest BCUT2D eigenvalue weighted by atomic mass is 10.3. The number of hydrogen-bond acceptors (Lipinski definition) is 6. The minimum Gasteiger partial charge on any atom is -0.292 e. The summed E-state index contributed by atoms with van der Waals surface area (Å²) in [5, 5.41) is 12.2. The first-order valence-electron chi connectivity index (χ1n) is 5.99. The Hall–Kier alpha value is -1.51. The predicted octanol–water partition coefficient (Wildman–Crippen LogP) is 3.46. The summed E-state index contributed by atoms with van der Waals surface area (Å²) in [7, 11) is 0. The van der Waals surface area contributed by atoms with Crippen molar-refractivity contribution >= 4 is 44.8 Å². The average Bonchev–Trinajstić information content (AvgIpc) is 3.14. The molecule has 0 unspecified atom stereocenters. The van der Waals surface area contributed by atoms with Gasteiger partial charge in [-0.3, -0.25) is 4.79 Å². The molecule has 5 nitrogen and oxygen atoms in total. The fourth-order valence-corrected chi connectivity index (χ4v) is 3.85. The van der Waals surface area contributed by atoms with E-state index in [1.54, 1.807) is 4.68 Å². The van der Waals surface area contributed by atoms with E-state index in [4.69, 9.17) is 0 Å². The summed E-state index contributed by atoms with van der Waals surface area (Å²) in [6.07, 6.45) is 0. The Balaban J connectivity index is 1.72. The Morgan fingerprint density at radius 1 is 1.24 bits per heavy atom. The highest BCUT2D eigenvalue weighted by Crippen LogP contribution is 2.25. The number of nitrogens with zero attached hydrogens (tertiary/aromatic N) is 4. The van der Waals surface area contributed by atoms with Crippen LogP contribution in [0.2, 0.25) is 0 Å². The molecule has 0 aliphatic heterocycles. The molecule has 0 amide bonds. The number of rotatable bonds is 5. The summed E-state index contributed by atoms with van der Waals surface area (Å²) in [6, 6.07) is 13.3. The molecule has 0 N–H and O–H groups in total. The first-order chi connectivity index (χ1) is 10.2. The minimum absolute atomic E-state index is 0.0679. The number of halogens is 1. The second-order valence-electron chi connectivity index (χ2n) is 4.02. The van der Waals surface area contributed by atoms with Crippen LogP contribution in [0.4, 0.5) is 0 Å². The zero-order chi connectivity index (χ0) is 14.7. The molecule has 2 heterocycles. The van der Waals surface area contributed by atoms with Crippen LogP contribution in [-0.2, 0) is 0 Å². The van der Waals surface area contributed by atoms with Crippen LogP contribution in [-0.4, -0.2) is 31.7 Å². The maximum absolute atomic E-state index is 12.1. The van der Waals surface area contributed by atoms with E-state index < -0.39 is 0 Å². The number of thioether (sulfide) groups is 1. The van der Waals surface area contributed by atoms with Crippen molar-refractivity contribution in [2.75, 3.05) is 5.75 Å². The van der Waals surface area contributed by atoms with Gasteiger partial charge in [0.1, 0.15) is 0 Å². The normalized spacial score (nSPS) is 10.7. The monoisotopic (exact) mass is 380 g/mol. The summed E-state index contributed by atoms with van der Waals surface area (Å²) in [5.74, 6) is 0.374. The van der Waals surface area contributed by atoms with Crippen molar-refractivity contribution in [2.24, 2.45) is 0 Å². The number of thiophene rings is 1. The van der Waals surface area contributed by atoms with Gasteiger partial charge >= 0.3 is 0 Å². The number of tetrazole rings is 1. The molecule has 0 spiro atoms.